The van der Waals surface area contributed by atoms with Crippen LogP contribution in [-0.2, 0) is 0 Å². The second-order valence-electron chi connectivity index (χ2n) is 7.24. The van der Waals surface area contributed by atoms with Gasteiger partial charge in [0.15, 0.2) is 11.6 Å². The van der Waals surface area contributed by atoms with Crippen LogP contribution in [0.4, 0.5) is 8.78 Å². The number of hydrogen-bond acceptors (Lipinski definition) is 2. The molecule has 3 nitrogen and oxygen atoms in total. The van der Waals surface area contributed by atoms with Crippen molar-refractivity contribution in [3.05, 3.63) is 58.7 Å². The molecule has 2 aromatic carbocycles. The predicted molar refractivity (Wildman–Crippen MR) is 102 cm³/mol. The second kappa shape index (κ2) is 7.56. The van der Waals surface area contributed by atoms with Gasteiger partial charge in [-0.05, 0) is 49.1 Å². The van der Waals surface area contributed by atoms with E-state index in [0.29, 0.717) is 21.8 Å². The van der Waals surface area contributed by atoms with E-state index in [2.05, 4.69) is 5.10 Å². The van der Waals surface area contributed by atoms with Gasteiger partial charge >= 0.3 is 0 Å². The van der Waals surface area contributed by atoms with Crippen LogP contribution in [0.3, 0.4) is 0 Å². The Morgan fingerprint density at radius 3 is 2.41 bits per heavy atom. The largest absolute Gasteiger partial charge is 0.396 e. The van der Waals surface area contributed by atoms with E-state index >= 15 is 0 Å². The average Bonchev–Trinajstić information content (AvgIpc) is 3.02. The van der Waals surface area contributed by atoms with Crippen molar-refractivity contribution in [3.63, 3.8) is 0 Å². The van der Waals surface area contributed by atoms with E-state index in [1.165, 1.54) is 12.5 Å². The van der Waals surface area contributed by atoms with Gasteiger partial charge in [-0.15, -0.1) is 0 Å². The van der Waals surface area contributed by atoms with Crippen LogP contribution in [0, 0.1) is 17.6 Å². The molecule has 1 aromatic heterocycles. The van der Waals surface area contributed by atoms with Crippen molar-refractivity contribution in [2.24, 2.45) is 5.92 Å². The van der Waals surface area contributed by atoms with E-state index in [9.17, 15) is 13.9 Å². The minimum absolute atomic E-state index is 0.0575. The minimum atomic E-state index is -0.923. The summed E-state index contributed by atoms with van der Waals surface area (Å²) in [6.45, 7) is -0.0575. The fourth-order valence-electron chi connectivity index (χ4n) is 4.23. The number of halogens is 3. The molecule has 1 fully saturated rings. The van der Waals surface area contributed by atoms with Gasteiger partial charge in [-0.3, -0.25) is 0 Å². The van der Waals surface area contributed by atoms with Gasteiger partial charge in [-0.25, -0.2) is 13.5 Å². The van der Waals surface area contributed by atoms with Crippen molar-refractivity contribution < 1.29 is 13.9 Å². The Hall–Kier alpha value is -1.98. The molecule has 1 unspecified atom stereocenters. The first-order chi connectivity index (χ1) is 13.1. The highest BCUT2D eigenvalue weighted by Gasteiger charge is 2.30. The van der Waals surface area contributed by atoms with Gasteiger partial charge in [0.05, 0.1) is 23.5 Å². The van der Waals surface area contributed by atoms with E-state index < -0.39 is 11.6 Å². The SMILES string of the molecule is OCC(c1c2cc(F)c(F)cc2nn1-c1ccc(Cl)cc1)C1CCCCC1. The maximum atomic E-state index is 14.0. The van der Waals surface area contributed by atoms with Crippen molar-refractivity contribution in [2.45, 2.75) is 38.0 Å². The number of benzene rings is 2. The highest BCUT2D eigenvalue weighted by Crippen LogP contribution is 2.40. The Morgan fingerprint density at radius 1 is 1.07 bits per heavy atom. The smallest absolute Gasteiger partial charge is 0.161 e. The normalized spacial score (nSPS) is 16.7. The van der Waals surface area contributed by atoms with Crippen molar-refractivity contribution in [2.75, 3.05) is 6.61 Å². The summed E-state index contributed by atoms with van der Waals surface area (Å²) >= 11 is 6.00. The monoisotopic (exact) mass is 390 g/mol. The minimum Gasteiger partial charge on any atom is -0.396 e. The molecule has 0 saturated heterocycles. The number of rotatable bonds is 4. The first-order valence-electron chi connectivity index (χ1n) is 9.33. The van der Waals surface area contributed by atoms with E-state index in [0.717, 1.165) is 43.1 Å². The standard InChI is InChI=1S/C21H21ClF2N2O/c22-14-6-8-15(9-7-14)26-21(17(12-27)13-4-2-1-3-5-13)16-10-18(23)19(24)11-20(16)25-26/h6-11,13,17,27H,1-5,12H2. The van der Waals surface area contributed by atoms with Gasteiger partial charge in [-0.1, -0.05) is 30.9 Å². The zero-order valence-corrected chi connectivity index (χ0v) is 15.6. The highest BCUT2D eigenvalue weighted by atomic mass is 35.5. The Morgan fingerprint density at radius 2 is 1.74 bits per heavy atom. The number of aliphatic hydroxyl groups excluding tert-OH is 1. The Balaban J connectivity index is 1.92. The van der Waals surface area contributed by atoms with E-state index in [1.54, 1.807) is 16.8 Å². The van der Waals surface area contributed by atoms with Gasteiger partial charge in [0.25, 0.3) is 0 Å². The third-order valence-electron chi connectivity index (χ3n) is 5.59. The third kappa shape index (κ3) is 3.46. The summed E-state index contributed by atoms with van der Waals surface area (Å²) < 4.78 is 29.5. The van der Waals surface area contributed by atoms with E-state index in [4.69, 9.17) is 11.6 Å². The Bertz CT molecular complexity index is 949. The number of hydrogen-bond donors (Lipinski definition) is 1. The lowest BCUT2D eigenvalue weighted by molar-refractivity contribution is 0.193. The highest BCUT2D eigenvalue weighted by molar-refractivity contribution is 6.30. The number of fused-ring (bicyclic) bond motifs is 1. The topological polar surface area (TPSA) is 38.1 Å². The van der Waals surface area contributed by atoms with Crippen LogP contribution in [0.5, 0.6) is 0 Å². The lowest BCUT2D eigenvalue weighted by Gasteiger charge is -2.29. The first kappa shape index (κ1) is 18.4. The second-order valence-corrected chi connectivity index (χ2v) is 7.68. The molecule has 0 aliphatic heterocycles. The third-order valence-corrected chi connectivity index (χ3v) is 5.84. The zero-order chi connectivity index (χ0) is 19.0. The van der Waals surface area contributed by atoms with E-state index in [-0.39, 0.29) is 12.5 Å². The zero-order valence-electron chi connectivity index (χ0n) is 14.8. The molecule has 1 N–H and O–H groups in total. The molecule has 1 saturated carbocycles. The fourth-order valence-corrected chi connectivity index (χ4v) is 4.36. The summed E-state index contributed by atoms with van der Waals surface area (Å²) in [5, 5.41) is 15.9. The van der Waals surface area contributed by atoms with Crippen LogP contribution >= 0.6 is 11.6 Å². The summed E-state index contributed by atoms with van der Waals surface area (Å²) in [4.78, 5) is 0. The molecule has 1 atom stereocenters. The summed E-state index contributed by atoms with van der Waals surface area (Å²) in [5.41, 5.74) is 1.87. The van der Waals surface area contributed by atoms with Crippen LogP contribution in [0.25, 0.3) is 16.6 Å². The molecule has 1 aliphatic carbocycles. The lowest BCUT2D eigenvalue weighted by Crippen LogP contribution is -2.22. The molecule has 4 rings (SSSR count). The molecular formula is C21H21ClF2N2O. The molecule has 1 aliphatic rings. The molecular weight excluding hydrogens is 370 g/mol. The fraction of sp³-hybridized carbons (Fsp3) is 0.381. The van der Waals surface area contributed by atoms with Gasteiger partial charge in [0.2, 0.25) is 0 Å². The maximum absolute atomic E-state index is 14.0. The van der Waals surface area contributed by atoms with Crippen LogP contribution in [0.1, 0.15) is 43.7 Å². The van der Waals surface area contributed by atoms with Crippen LogP contribution in [0.2, 0.25) is 5.02 Å². The van der Waals surface area contributed by atoms with Gasteiger partial charge in [0.1, 0.15) is 0 Å². The van der Waals surface area contributed by atoms with Crippen molar-refractivity contribution in [1.82, 2.24) is 9.78 Å². The van der Waals surface area contributed by atoms with Gasteiger partial charge in [0, 0.05) is 22.4 Å². The molecule has 27 heavy (non-hydrogen) atoms. The molecule has 0 spiro atoms. The van der Waals surface area contributed by atoms with E-state index in [1.807, 2.05) is 12.1 Å². The van der Waals surface area contributed by atoms with Gasteiger partial charge < -0.3 is 5.11 Å². The van der Waals surface area contributed by atoms with Crippen LogP contribution < -0.4 is 0 Å². The molecule has 6 heteroatoms. The van der Waals surface area contributed by atoms with Gasteiger partial charge in [-0.2, -0.15) is 5.10 Å². The molecule has 0 bridgehead atoms. The van der Waals surface area contributed by atoms with Crippen LogP contribution in [0.15, 0.2) is 36.4 Å². The predicted octanol–water partition coefficient (Wildman–Crippen LogP) is 5.61. The summed E-state index contributed by atoms with van der Waals surface area (Å²) in [5.74, 6) is -1.72. The molecule has 3 aromatic rings. The molecule has 142 valence electrons. The number of aromatic nitrogens is 2. The Labute approximate surface area is 161 Å². The summed E-state index contributed by atoms with van der Waals surface area (Å²) in [6.07, 6.45) is 5.48. The molecule has 0 amide bonds. The van der Waals surface area contributed by atoms with Crippen molar-refractivity contribution in [3.8, 4) is 5.69 Å². The maximum Gasteiger partial charge on any atom is 0.161 e. The quantitative estimate of drug-likeness (QED) is 0.628. The van der Waals surface area contributed by atoms with Crippen molar-refractivity contribution in [1.29, 1.82) is 0 Å². The Kier molecular flexibility index (Phi) is 5.15. The lowest BCUT2D eigenvalue weighted by atomic mass is 9.78. The molecule has 0 radical (unpaired) electrons. The average molecular weight is 391 g/mol. The first-order valence-corrected chi connectivity index (χ1v) is 9.70. The number of nitrogens with zero attached hydrogens (tertiary/aromatic N) is 2. The summed E-state index contributed by atoms with van der Waals surface area (Å²) in [6, 6.07) is 9.46. The summed E-state index contributed by atoms with van der Waals surface area (Å²) in [7, 11) is 0. The van der Waals surface area contributed by atoms with Crippen LogP contribution in [-0.4, -0.2) is 21.5 Å². The molecule has 1 heterocycles. The van der Waals surface area contributed by atoms with Crippen molar-refractivity contribution >= 4 is 22.5 Å². The number of aliphatic hydroxyl groups is 1.